The number of amides is 12. The van der Waals surface area contributed by atoms with Gasteiger partial charge >= 0.3 is 5.97 Å². The lowest BCUT2D eigenvalue weighted by molar-refractivity contribution is -0.142. The summed E-state index contributed by atoms with van der Waals surface area (Å²) in [5.41, 5.74) is 77.8. The zero-order chi connectivity index (χ0) is 85.0. The molecular weight excluding hydrogens is 1490 g/mol. The molecule has 0 aromatic carbocycles. The number of carbonyl (C=O) groups excluding carboxylic acids is 12. The number of nitrogens with two attached hydrogens (primary N) is 14. The minimum absolute atomic E-state index is 0.000439. The van der Waals surface area contributed by atoms with Gasteiger partial charge in [-0.3, -0.25) is 82.5 Å². The molecule has 0 saturated carbocycles. The first-order valence-electron chi connectivity index (χ1n) is 36.9. The molecule has 13 atom stereocenters. The number of hydrogen-bond acceptors (Lipinski definition) is 24. The highest BCUT2D eigenvalue weighted by molar-refractivity contribution is 7.98. The van der Waals surface area contributed by atoms with Crippen LogP contribution in [-0.4, -0.2) is 265 Å². The van der Waals surface area contributed by atoms with Crippen molar-refractivity contribution in [1.29, 1.82) is 0 Å². The second kappa shape index (κ2) is 57.6. The van der Waals surface area contributed by atoms with Crippen molar-refractivity contribution < 1.29 is 77.6 Å². The Bertz CT molecular complexity index is 3130. The number of primary amides is 1. The van der Waals surface area contributed by atoms with Gasteiger partial charge < -0.3 is 154 Å². The largest absolute Gasteiger partial charge is 0.480 e. The van der Waals surface area contributed by atoms with Crippen LogP contribution in [0.5, 0.6) is 0 Å². The highest BCUT2D eigenvalue weighted by atomic mass is 32.2. The van der Waals surface area contributed by atoms with Crippen LogP contribution in [0.25, 0.3) is 0 Å². The minimum Gasteiger partial charge on any atom is -0.480 e. The Kier molecular flexibility index (Phi) is 52.3. The maximum absolute atomic E-state index is 14.6. The van der Waals surface area contributed by atoms with Gasteiger partial charge in [-0.2, -0.15) is 11.8 Å². The van der Waals surface area contributed by atoms with E-state index in [1.807, 2.05) is 0 Å². The van der Waals surface area contributed by atoms with E-state index in [1.54, 1.807) is 20.1 Å². The molecule has 638 valence electrons. The number of guanidine groups is 5. The van der Waals surface area contributed by atoms with E-state index >= 15 is 0 Å². The van der Waals surface area contributed by atoms with E-state index in [9.17, 15) is 77.6 Å². The molecule has 42 N–H and O–H groups in total. The van der Waals surface area contributed by atoms with Crippen molar-refractivity contribution in [3.63, 3.8) is 0 Å². The maximum atomic E-state index is 14.6. The van der Waals surface area contributed by atoms with Crippen molar-refractivity contribution >= 4 is 118 Å². The number of carboxylic acid groups (broad SMARTS) is 1. The Morgan fingerprint density at radius 2 is 0.625 bits per heavy atom. The van der Waals surface area contributed by atoms with Crippen LogP contribution >= 0.6 is 11.8 Å². The predicted octanol–water partition coefficient (Wildman–Crippen LogP) is -11.3. The van der Waals surface area contributed by atoms with Gasteiger partial charge in [0.25, 0.3) is 0 Å². The van der Waals surface area contributed by atoms with Gasteiger partial charge in [0.15, 0.2) is 29.8 Å². The highest BCUT2D eigenvalue weighted by Crippen LogP contribution is 2.14. The fourth-order valence-electron chi connectivity index (χ4n) is 10.6. The lowest BCUT2D eigenvalue weighted by atomic mass is 10.0. The van der Waals surface area contributed by atoms with Crippen molar-refractivity contribution in [2.75, 3.05) is 64.4 Å². The highest BCUT2D eigenvalue weighted by Gasteiger charge is 2.38. The molecular formula is C65H126N30O16S. The van der Waals surface area contributed by atoms with E-state index in [-0.39, 0.29) is 165 Å². The van der Waals surface area contributed by atoms with Gasteiger partial charge in [0.2, 0.25) is 70.9 Å². The summed E-state index contributed by atoms with van der Waals surface area (Å²) in [5, 5.41) is 59.3. The lowest BCUT2D eigenvalue weighted by Gasteiger charge is -2.29. The summed E-state index contributed by atoms with van der Waals surface area (Å²) in [6.45, 7) is 3.80. The van der Waals surface area contributed by atoms with Gasteiger partial charge in [0.1, 0.15) is 66.5 Å². The van der Waals surface area contributed by atoms with Gasteiger partial charge in [0, 0.05) is 39.1 Å². The van der Waals surface area contributed by atoms with Crippen LogP contribution in [0.15, 0.2) is 25.0 Å². The summed E-state index contributed by atoms with van der Waals surface area (Å²) >= 11 is 1.36. The first-order chi connectivity index (χ1) is 52.8. The number of unbranched alkanes of at least 4 members (excludes halogenated alkanes) is 2. The third-order valence-electron chi connectivity index (χ3n) is 16.5. The molecule has 0 spiro atoms. The molecule has 0 bridgehead atoms. The average Bonchev–Trinajstić information content (AvgIpc) is 0.855. The molecule has 0 saturated heterocycles. The molecule has 0 aliphatic heterocycles. The van der Waals surface area contributed by atoms with Crippen molar-refractivity contribution in [3.8, 4) is 0 Å². The number of thioether (sulfide) groups is 1. The van der Waals surface area contributed by atoms with Crippen LogP contribution in [0.3, 0.4) is 0 Å². The second-order valence-electron chi connectivity index (χ2n) is 26.7. The van der Waals surface area contributed by atoms with Crippen LogP contribution in [0.1, 0.15) is 149 Å². The molecule has 0 heterocycles. The van der Waals surface area contributed by atoms with Gasteiger partial charge in [-0.1, -0.05) is 13.8 Å². The summed E-state index contributed by atoms with van der Waals surface area (Å²) in [5.74, 6) is -14.5. The van der Waals surface area contributed by atoms with Crippen molar-refractivity contribution in [2.24, 2.45) is 111 Å². The zero-order valence-corrected chi connectivity index (χ0v) is 65.3. The average molecular weight is 1620 g/mol. The van der Waals surface area contributed by atoms with Gasteiger partial charge in [-0.25, -0.2) is 4.79 Å². The summed E-state index contributed by atoms with van der Waals surface area (Å²) in [4.78, 5) is 200. The van der Waals surface area contributed by atoms with E-state index in [0.29, 0.717) is 38.0 Å². The van der Waals surface area contributed by atoms with E-state index in [4.69, 9.17) is 80.3 Å². The van der Waals surface area contributed by atoms with Crippen molar-refractivity contribution in [3.05, 3.63) is 0 Å². The van der Waals surface area contributed by atoms with Crippen LogP contribution in [0, 0.1) is 5.92 Å². The first-order valence-corrected chi connectivity index (χ1v) is 38.3. The molecule has 112 heavy (non-hydrogen) atoms. The summed E-state index contributed by atoms with van der Waals surface area (Å²) in [7, 11) is 0. The summed E-state index contributed by atoms with van der Waals surface area (Å²) in [6, 6.07) is -18.3. The molecule has 12 amide bonds. The van der Waals surface area contributed by atoms with Gasteiger partial charge in [-0.15, -0.1) is 0 Å². The van der Waals surface area contributed by atoms with Crippen LogP contribution in [0.4, 0.5) is 0 Å². The SMILES string of the molecule is CSCCC(NC(=O)C(CCCCN)NC(=O)C(N)CCCN=C(N)N)C(=O)NC(CC(C)C)C(=O)NC(CCCCN)C(=O)NC(CO)C(=O)NC(C(=O)NC(CCCN=C(N)N)C(=O)NC(CCCN=C(N)N)C(=O)NC(CCC(N)=O)C(=O)NC(CCCN=C(N)N)C(=O)NC(CCCN=C(N)N)C(=O)O)C(C)O. The third kappa shape index (κ3) is 45.7. The molecule has 0 radical (unpaired) electrons. The van der Waals surface area contributed by atoms with E-state index in [0.717, 1.165) is 6.92 Å². The number of rotatable bonds is 61. The fraction of sp³-hybridized carbons (Fsp3) is 0.723. The Morgan fingerprint density at radius 3 is 0.938 bits per heavy atom. The van der Waals surface area contributed by atoms with Crippen molar-refractivity contribution in [2.45, 2.75) is 228 Å². The topological polar surface area (TPSA) is 841 Å². The summed E-state index contributed by atoms with van der Waals surface area (Å²) in [6.07, 6.45) is 0.0506. The monoisotopic (exact) mass is 1610 g/mol. The molecule has 0 rings (SSSR count). The molecule has 0 fully saturated rings. The number of aliphatic hydroxyl groups excluding tert-OH is 2. The Balaban J connectivity index is 7.28. The number of hydrogen-bond donors (Lipinski definition) is 28. The lowest BCUT2D eigenvalue weighted by Crippen LogP contribution is -2.62. The van der Waals surface area contributed by atoms with Crippen LogP contribution in [0.2, 0.25) is 0 Å². The van der Waals surface area contributed by atoms with E-state index in [1.165, 1.54) is 11.8 Å². The Hall–Kier alpha value is -10.4. The molecule has 0 aliphatic rings. The number of nitrogens with zero attached hydrogens (tertiary/aromatic N) is 5. The van der Waals surface area contributed by atoms with Gasteiger partial charge in [0.05, 0.1) is 18.8 Å². The molecule has 0 aromatic heterocycles. The normalized spacial score (nSPS) is 14.4. The fourth-order valence-corrected chi connectivity index (χ4v) is 11.1. The number of carboxylic acids is 1. The Morgan fingerprint density at radius 1 is 0.348 bits per heavy atom. The number of nitrogens with one attached hydrogen (secondary N) is 11. The van der Waals surface area contributed by atoms with Gasteiger partial charge in [-0.05, 0) is 160 Å². The summed E-state index contributed by atoms with van der Waals surface area (Å²) < 4.78 is 0. The number of aliphatic carboxylic acids is 1. The van der Waals surface area contributed by atoms with E-state index < -0.39 is 175 Å². The van der Waals surface area contributed by atoms with Crippen molar-refractivity contribution in [1.82, 2.24) is 58.5 Å². The quantitative estimate of drug-likeness (QED) is 0.0153. The smallest absolute Gasteiger partial charge is 0.326 e. The molecule has 47 heteroatoms. The number of aliphatic imine (C=N–C) groups is 5. The zero-order valence-electron chi connectivity index (χ0n) is 64.5. The van der Waals surface area contributed by atoms with E-state index in [2.05, 4.69) is 83.4 Å². The second-order valence-corrected chi connectivity index (χ2v) is 27.7. The molecule has 46 nitrogen and oxygen atoms in total. The molecule has 13 unspecified atom stereocenters. The molecule has 0 aliphatic carbocycles. The van der Waals surface area contributed by atoms with Crippen LogP contribution in [-0.2, 0) is 62.3 Å². The third-order valence-corrected chi connectivity index (χ3v) is 17.2. The number of carbonyl (C=O) groups is 13. The Labute approximate surface area is 655 Å². The minimum atomic E-state index is -1.99. The molecule has 0 aromatic rings. The van der Waals surface area contributed by atoms with Crippen LogP contribution < -0.4 is 139 Å². The predicted molar refractivity (Wildman–Crippen MR) is 422 cm³/mol. The standard InChI is InChI=1S/C65H126N30O16S/c1-34(2)32-45(93-56(106)43(23-31-112-4)90-50(100)37(15-5-7-24-66)85-49(99)36(68)14-9-26-80-61(70)71)57(107)88-38(16-6-8-25-67)54(104)94-46(33-96)58(108)95-48(35(3)97)59(109)91-41(19-12-29-83-64(76)77)52(102)86-39(17-10-27-81-62(72)73)51(101)89-42(21-22-47(69)98)55(105)87-40(18-11-28-82-63(74)75)53(103)92-44(60(110)111)20-13-30-84-65(78)79/h34-46,48,96-97H,5-33,66-68H2,1-4H3,(H2,69,98)(H,85,99)(H,86,102)(H,87,105)(H,88,107)(H,89,101)(H,90,100)(H,91,109)(H,92,103)(H,93,106)(H,94,104)(H,95,108)(H,110,111)(H4,70,71,80)(H4,72,73,81)(H4,74,75,82)(H4,76,77,83)(H4,78,79,84). The number of aliphatic hydroxyl groups is 2. The maximum Gasteiger partial charge on any atom is 0.326 e. The first kappa shape index (κ1) is 102.